The maximum Gasteiger partial charge on any atom is 0.0243 e. The maximum atomic E-state index is 2.49. The Kier molecular flexibility index (Phi) is 2.12. The van der Waals surface area contributed by atoms with Crippen LogP contribution in [0.4, 0.5) is 0 Å². The summed E-state index contributed by atoms with van der Waals surface area (Å²) in [5.74, 6) is 0. The number of benzene rings is 1. The molecule has 0 fully saturated rings. The van der Waals surface area contributed by atoms with Crippen LogP contribution in [-0.4, -0.2) is 11.4 Å². The highest BCUT2D eigenvalue weighted by molar-refractivity contribution is 5.42. The summed E-state index contributed by atoms with van der Waals surface area (Å²) in [6, 6.07) is 4.49. The zero-order valence-corrected chi connectivity index (χ0v) is 8.72. The average molecular weight is 175 g/mol. The van der Waals surface area contributed by atoms with E-state index in [-0.39, 0.29) is 0 Å². The second-order valence-electron chi connectivity index (χ2n) is 3.96. The van der Waals surface area contributed by atoms with Gasteiger partial charge in [0.1, 0.15) is 0 Å². The minimum atomic E-state index is 1.15. The molecule has 0 unspecified atom stereocenters. The first-order valence-corrected chi connectivity index (χ1v) is 5.02. The molecule has 0 radical (unpaired) electrons. The van der Waals surface area contributed by atoms with Gasteiger partial charge < -0.3 is 0 Å². The van der Waals surface area contributed by atoms with Gasteiger partial charge in [0.2, 0.25) is 0 Å². The van der Waals surface area contributed by atoms with Crippen LogP contribution in [0.15, 0.2) is 12.1 Å². The average Bonchev–Trinajstić information content (AvgIpc) is 2.56. The van der Waals surface area contributed by atoms with Crippen molar-refractivity contribution in [2.75, 3.05) is 6.54 Å². The molecule has 0 atom stereocenters. The van der Waals surface area contributed by atoms with Crippen molar-refractivity contribution in [3.63, 3.8) is 0 Å². The highest BCUT2D eigenvalue weighted by Crippen LogP contribution is 2.27. The normalized spacial score (nSPS) is 16.2. The van der Waals surface area contributed by atoms with Crippen molar-refractivity contribution in [2.45, 2.75) is 33.9 Å². The van der Waals surface area contributed by atoms with E-state index < -0.39 is 0 Å². The molecule has 0 bridgehead atoms. The molecule has 0 saturated heterocycles. The van der Waals surface area contributed by atoms with Gasteiger partial charge in [-0.1, -0.05) is 19.1 Å². The molecule has 1 aliphatic heterocycles. The Morgan fingerprint density at radius 2 is 1.54 bits per heavy atom. The van der Waals surface area contributed by atoms with Gasteiger partial charge in [-0.15, -0.1) is 0 Å². The van der Waals surface area contributed by atoms with Crippen molar-refractivity contribution < 1.29 is 0 Å². The molecular weight excluding hydrogens is 158 g/mol. The second-order valence-corrected chi connectivity index (χ2v) is 3.96. The number of rotatable bonds is 1. The second kappa shape index (κ2) is 3.15. The van der Waals surface area contributed by atoms with Crippen LogP contribution < -0.4 is 0 Å². The molecule has 2 rings (SSSR count). The molecule has 0 aliphatic carbocycles. The Morgan fingerprint density at radius 3 is 1.92 bits per heavy atom. The van der Waals surface area contributed by atoms with E-state index in [1.165, 1.54) is 11.1 Å². The molecule has 0 amide bonds. The molecule has 1 heteroatoms. The van der Waals surface area contributed by atoms with Crippen LogP contribution in [0, 0.1) is 13.8 Å². The predicted octanol–water partition coefficient (Wildman–Crippen LogP) is 2.64. The molecule has 0 aromatic heterocycles. The van der Waals surface area contributed by atoms with E-state index in [0.717, 1.165) is 19.6 Å². The fourth-order valence-corrected chi connectivity index (χ4v) is 2.09. The lowest BCUT2D eigenvalue weighted by atomic mass is 10.0. The van der Waals surface area contributed by atoms with Crippen LogP contribution in [0.5, 0.6) is 0 Å². The smallest absolute Gasteiger partial charge is 0.0243 e. The quantitative estimate of drug-likeness (QED) is 0.634. The van der Waals surface area contributed by atoms with Crippen LogP contribution in [0.1, 0.15) is 29.2 Å². The summed E-state index contributed by atoms with van der Waals surface area (Å²) >= 11 is 0. The molecule has 1 aromatic carbocycles. The topological polar surface area (TPSA) is 3.24 Å². The molecule has 70 valence electrons. The van der Waals surface area contributed by atoms with E-state index in [1.54, 1.807) is 11.1 Å². The zero-order valence-electron chi connectivity index (χ0n) is 8.72. The first-order chi connectivity index (χ1) is 6.22. The van der Waals surface area contributed by atoms with Gasteiger partial charge >= 0.3 is 0 Å². The van der Waals surface area contributed by atoms with Crippen LogP contribution in [0.25, 0.3) is 0 Å². The van der Waals surface area contributed by atoms with Gasteiger partial charge in [-0.25, -0.2) is 0 Å². The fourth-order valence-electron chi connectivity index (χ4n) is 2.09. The number of hydrogen-bond acceptors (Lipinski definition) is 1. The summed E-state index contributed by atoms with van der Waals surface area (Å²) < 4.78 is 0. The van der Waals surface area contributed by atoms with Gasteiger partial charge in [0, 0.05) is 13.1 Å². The lowest BCUT2D eigenvalue weighted by Gasteiger charge is -2.09. The fraction of sp³-hybridized carbons (Fsp3) is 0.500. The lowest BCUT2D eigenvalue weighted by molar-refractivity contribution is 0.300. The van der Waals surface area contributed by atoms with Crippen LogP contribution in [0.2, 0.25) is 0 Å². The predicted molar refractivity (Wildman–Crippen MR) is 55.7 cm³/mol. The van der Waals surface area contributed by atoms with Gasteiger partial charge in [-0.2, -0.15) is 0 Å². The summed E-state index contributed by atoms with van der Waals surface area (Å²) in [6.07, 6.45) is 0. The summed E-state index contributed by atoms with van der Waals surface area (Å²) in [6.45, 7) is 10.1. The first kappa shape index (κ1) is 8.76. The highest BCUT2D eigenvalue weighted by atomic mass is 15.1. The van der Waals surface area contributed by atoms with Crippen molar-refractivity contribution in [3.05, 3.63) is 34.4 Å². The molecule has 1 aliphatic rings. The molecule has 13 heavy (non-hydrogen) atoms. The van der Waals surface area contributed by atoms with Crippen molar-refractivity contribution in [1.29, 1.82) is 0 Å². The Morgan fingerprint density at radius 1 is 1.08 bits per heavy atom. The summed E-state index contributed by atoms with van der Waals surface area (Å²) in [5.41, 5.74) is 6.05. The van der Waals surface area contributed by atoms with Crippen LogP contribution in [-0.2, 0) is 13.1 Å². The molecule has 0 spiro atoms. The van der Waals surface area contributed by atoms with Crippen LogP contribution >= 0.6 is 0 Å². The number of fused-ring (bicyclic) bond motifs is 1. The third-order valence-corrected chi connectivity index (χ3v) is 3.11. The maximum absolute atomic E-state index is 2.49. The van der Waals surface area contributed by atoms with E-state index in [0.29, 0.717) is 0 Å². The third kappa shape index (κ3) is 1.37. The number of hydrogen-bond donors (Lipinski definition) is 0. The van der Waals surface area contributed by atoms with Gasteiger partial charge in [-0.3, -0.25) is 4.90 Å². The van der Waals surface area contributed by atoms with E-state index in [1.807, 2.05) is 0 Å². The van der Waals surface area contributed by atoms with Crippen molar-refractivity contribution in [3.8, 4) is 0 Å². The zero-order chi connectivity index (χ0) is 9.42. The SMILES string of the molecule is CCN1Cc2c(C)ccc(C)c2C1. The van der Waals surface area contributed by atoms with E-state index in [9.17, 15) is 0 Å². The molecule has 1 nitrogen and oxygen atoms in total. The van der Waals surface area contributed by atoms with Gasteiger partial charge in [0.15, 0.2) is 0 Å². The van der Waals surface area contributed by atoms with Gasteiger partial charge in [0.25, 0.3) is 0 Å². The van der Waals surface area contributed by atoms with Gasteiger partial charge in [-0.05, 0) is 42.6 Å². The summed E-state index contributed by atoms with van der Waals surface area (Å²) in [7, 11) is 0. The Balaban J connectivity index is 2.43. The Bertz CT molecular complexity index is 297. The van der Waals surface area contributed by atoms with Crippen molar-refractivity contribution in [1.82, 2.24) is 4.90 Å². The number of nitrogens with zero attached hydrogens (tertiary/aromatic N) is 1. The van der Waals surface area contributed by atoms with Crippen molar-refractivity contribution >= 4 is 0 Å². The first-order valence-electron chi connectivity index (χ1n) is 5.02. The molecule has 1 heterocycles. The van der Waals surface area contributed by atoms with Crippen LogP contribution in [0.3, 0.4) is 0 Å². The Hall–Kier alpha value is -0.820. The summed E-state index contributed by atoms with van der Waals surface area (Å²) in [4.78, 5) is 2.49. The largest absolute Gasteiger partial charge is 0.295 e. The third-order valence-electron chi connectivity index (χ3n) is 3.11. The minimum Gasteiger partial charge on any atom is -0.295 e. The van der Waals surface area contributed by atoms with E-state index >= 15 is 0 Å². The number of aryl methyl sites for hydroxylation is 2. The molecular formula is C12H17N. The molecule has 0 saturated carbocycles. The monoisotopic (exact) mass is 175 g/mol. The van der Waals surface area contributed by atoms with Crippen molar-refractivity contribution in [2.24, 2.45) is 0 Å². The van der Waals surface area contributed by atoms with Gasteiger partial charge in [0.05, 0.1) is 0 Å². The molecule has 0 N–H and O–H groups in total. The van der Waals surface area contributed by atoms with E-state index in [2.05, 4.69) is 37.8 Å². The van der Waals surface area contributed by atoms with E-state index in [4.69, 9.17) is 0 Å². The summed E-state index contributed by atoms with van der Waals surface area (Å²) in [5, 5.41) is 0. The minimum absolute atomic E-state index is 1.15. The lowest BCUT2D eigenvalue weighted by Crippen LogP contribution is -2.14. The standard InChI is InChI=1S/C12H17N/c1-4-13-7-11-9(2)5-6-10(3)12(11)8-13/h5-6H,4,7-8H2,1-3H3. The highest BCUT2D eigenvalue weighted by Gasteiger charge is 2.20. The molecule has 1 aromatic rings. The Labute approximate surface area is 80.4 Å².